The summed E-state index contributed by atoms with van der Waals surface area (Å²) in [4.78, 5) is 20.8. The molecule has 0 N–H and O–H groups in total. The quantitative estimate of drug-likeness (QED) is 0.841. The molecule has 2 aliphatic rings. The first kappa shape index (κ1) is 17.2. The van der Waals surface area contributed by atoms with Gasteiger partial charge in [0.25, 0.3) is 5.92 Å². The van der Waals surface area contributed by atoms with Gasteiger partial charge in [0.2, 0.25) is 5.91 Å². The molecular formula is C18H23F2N5O. The van der Waals surface area contributed by atoms with Crippen LogP contribution in [-0.2, 0) is 4.79 Å². The number of aromatic nitrogens is 3. The lowest BCUT2D eigenvalue weighted by Gasteiger charge is -2.35. The molecule has 2 fully saturated rings. The molecule has 0 spiro atoms. The van der Waals surface area contributed by atoms with Gasteiger partial charge >= 0.3 is 0 Å². The van der Waals surface area contributed by atoms with Gasteiger partial charge in [0.15, 0.2) is 5.65 Å². The predicted molar refractivity (Wildman–Crippen MR) is 93.3 cm³/mol. The van der Waals surface area contributed by atoms with Crippen molar-refractivity contribution in [3.63, 3.8) is 0 Å². The molecule has 0 saturated carbocycles. The fourth-order valence-electron chi connectivity index (χ4n) is 3.80. The summed E-state index contributed by atoms with van der Waals surface area (Å²) in [7, 11) is 0. The average Bonchev–Trinajstić information content (AvgIpc) is 3.10. The van der Waals surface area contributed by atoms with Crippen LogP contribution in [-0.4, -0.2) is 57.5 Å². The van der Waals surface area contributed by atoms with Crippen LogP contribution in [0.15, 0.2) is 24.5 Å². The summed E-state index contributed by atoms with van der Waals surface area (Å²) in [6.45, 7) is 2.07. The maximum atomic E-state index is 13.2. The topological polar surface area (TPSA) is 53.7 Å². The van der Waals surface area contributed by atoms with Gasteiger partial charge in [0.05, 0.1) is 6.20 Å². The van der Waals surface area contributed by atoms with Gasteiger partial charge in [-0.2, -0.15) is 5.10 Å². The number of carbonyl (C=O) groups is 1. The molecule has 1 amide bonds. The molecule has 0 unspecified atom stereocenters. The van der Waals surface area contributed by atoms with Gasteiger partial charge in [0.1, 0.15) is 5.82 Å². The summed E-state index contributed by atoms with van der Waals surface area (Å²) in [5.74, 6) is -1.33. The number of fused-ring (bicyclic) bond motifs is 1. The second-order valence-corrected chi connectivity index (χ2v) is 7.29. The number of likely N-dealkylation sites (tertiary alicyclic amines) is 1. The Labute approximate surface area is 150 Å². The molecule has 140 valence electrons. The van der Waals surface area contributed by atoms with E-state index in [1.54, 1.807) is 15.6 Å². The van der Waals surface area contributed by atoms with E-state index in [2.05, 4.69) is 15.0 Å². The van der Waals surface area contributed by atoms with E-state index in [4.69, 9.17) is 0 Å². The first-order chi connectivity index (χ1) is 12.5. The van der Waals surface area contributed by atoms with Crippen LogP contribution in [0.1, 0.15) is 32.1 Å². The highest BCUT2D eigenvalue weighted by molar-refractivity contribution is 5.76. The number of rotatable bonds is 3. The number of piperidine rings is 2. The number of halogens is 2. The van der Waals surface area contributed by atoms with Crippen molar-refractivity contribution in [3.8, 4) is 0 Å². The van der Waals surface area contributed by atoms with Crippen molar-refractivity contribution in [1.29, 1.82) is 0 Å². The van der Waals surface area contributed by atoms with Crippen molar-refractivity contribution in [2.75, 3.05) is 31.1 Å². The van der Waals surface area contributed by atoms with Gasteiger partial charge in [0, 0.05) is 57.7 Å². The van der Waals surface area contributed by atoms with E-state index in [0.717, 1.165) is 37.4 Å². The Bertz CT molecular complexity index is 775. The summed E-state index contributed by atoms with van der Waals surface area (Å²) >= 11 is 0. The number of hydrogen-bond donors (Lipinski definition) is 0. The summed E-state index contributed by atoms with van der Waals surface area (Å²) in [5, 5.41) is 4.15. The number of alkyl halides is 2. The Morgan fingerprint density at radius 2 is 1.88 bits per heavy atom. The van der Waals surface area contributed by atoms with Crippen molar-refractivity contribution in [1.82, 2.24) is 19.5 Å². The number of hydrogen-bond acceptors (Lipinski definition) is 4. The first-order valence-corrected chi connectivity index (χ1v) is 9.21. The minimum absolute atomic E-state index is 0.0257. The van der Waals surface area contributed by atoms with Crippen molar-refractivity contribution in [2.45, 2.75) is 38.0 Å². The minimum Gasteiger partial charge on any atom is -0.356 e. The van der Waals surface area contributed by atoms with Crippen LogP contribution in [0.5, 0.6) is 0 Å². The number of nitrogens with zero attached hydrogens (tertiary/aromatic N) is 5. The van der Waals surface area contributed by atoms with Crippen LogP contribution in [0, 0.1) is 5.92 Å². The molecule has 0 radical (unpaired) electrons. The molecule has 8 heteroatoms. The van der Waals surface area contributed by atoms with Gasteiger partial charge in [-0.3, -0.25) is 4.79 Å². The molecule has 0 aliphatic carbocycles. The van der Waals surface area contributed by atoms with Crippen LogP contribution in [0.3, 0.4) is 0 Å². The highest BCUT2D eigenvalue weighted by Crippen LogP contribution is 2.29. The van der Waals surface area contributed by atoms with Gasteiger partial charge in [-0.25, -0.2) is 18.3 Å². The van der Waals surface area contributed by atoms with Crippen LogP contribution in [0.4, 0.5) is 14.6 Å². The summed E-state index contributed by atoms with van der Waals surface area (Å²) in [6.07, 6.45) is 5.51. The Balaban J connectivity index is 1.29. The zero-order chi connectivity index (χ0) is 18.1. The standard InChI is InChI=1S/C18H23F2N5O/c19-18(20)5-11-24(12-6-18)17(26)13-14-2-8-23(9-3-14)15-4-10-25-16(22-15)1-7-21-25/h1,4,7,10,14H,2-3,5-6,8-9,11-13H2. The van der Waals surface area contributed by atoms with E-state index in [0.29, 0.717) is 12.3 Å². The number of carbonyl (C=O) groups excluding carboxylic acids is 1. The van der Waals surface area contributed by atoms with E-state index in [1.165, 1.54) is 0 Å². The summed E-state index contributed by atoms with van der Waals surface area (Å²) in [6, 6.07) is 3.83. The van der Waals surface area contributed by atoms with Gasteiger partial charge in [-0.1, -0.05) is 0 Å². The molecule has 0 atom stereocenters. The molecule has 0 bridgehead atoms. The maximum absolute atomic E-state index is 13.2. The summed E-state index contributed by atoms with van der Waals surface area (Å²) in [5.41, 5.74) is 0.821. The zero-order valence-electron chi connectivity index (χ0n) is 14.7. The normalized spacial score (nSPS) is 21.3. The van der Waals surface area contributed by atoms with Crippen molar-refractivity contribution in [2.24, 2.45) is 5.92 Å². The van der Waals surface area contributed by atoms with Gasteiger partial charge in [-0.05, 0) is 24.8 Å². The molecule has 2 aliphatic heterocycles. The molecule has 2 aromatic heterocycles. The fraction of sp³-hybridized carbons (Fsp3) is 0.611. The Hall–Kier alpha value is -2.25. The highest BCUT2D eigenvalue weighted by Gasteiger charge is 2.36. The minimum atomic E-state index is -2.61. The van der Waals surface area contributed by atoms with Crippen LogP contribution >= 0.6 is 0 Å². The van der Waals surface area contributed by atoms with E-state index in [1.807, 2.05) is 18.3 Å². The molecule has 4 heterocycles. The fourth-order valence-corrected chi connectivity index (χ4v) is 3.80. The third-order valence-electron chi connectivity index (χ3n) is 5.49. The van der Waals surface area contributed by atoms with Crippen LogP contribution in [0.2, 0.25) is 0 Å². The monoisotopic (exact) mass is 363 g/mol. The largest absolute Gasteiger partial charge is 0.356 e. The highest BCUT2D eigenvalue weighted by atomic mass is 19.3. The van der Waals surface area contributed by atoms with Gasteiger partial charge < -0.3 is 9.80 Å². The van der Waals surface area contributed by atoms with E-state index < -0.39 is 5.92 Å². The zero-order valence-corrected chi connectivity index (χ0v) is 14.7. The lowest BCUT2D eigenvalue weighted by molar-refractivity contribution is -0.138. The molecule has 2 aromatic rings. The average molecular weight is 363 g/mol. The molecule has 4 rings (SSSR count). The Morgan fingerprint density at radius 3 is 2.62 bits per heavy atom. The van der Waals surface area contributed by atoms with Crippen molar-refractivity contribution < 1.29 is 13.6 Å². The first-order valence-electron chi connectivity index (χ1n) is 9.21. The second-order valence-electron chi connectivity index (χ2n) is 7.29. The van der Waals surface area contributed by atoms with E-state index in [-0.39, 0.29) is 31.8 Å². The molecule has 2 saturated heterocycles. The van der Waals surface area contributed by atoms with Crippen molar-refractivity contribution in [3.05, 3.63) is 24.5 Å². The third kappa shape index (κ3) is 3.64. The van der Waals surface area contributed by atoms with Gasteiger partial charge in [-0.15, -0.1) is 0 Å². The smallest absolute Gasteiger partial charge is 0.251 e. The summed E-state index contributed by atoms with van der Waals surface area (Å²) < 4.78 is 28.2. The lowest BCUT2D eigenvalue weighted by Crippen LogP contribution is -2.44. The van der Waals surface area contributed by atoms with Crippen LogP contribution in [0.25, 0.3) is 5.65 Å². The second kappa shape index (κ2) is 6.81. The van der Waals surface area contributed by atoms with E-state index in [9.17, 15) is 13.6 Å². The third-order valence-corrected chi connectivity index (χ3v) is 5.49. The number of anilines is 1. The SMILES string of the molecule is O=C(CC1CCN(c2ccn3nccc3n2)CC1)N1CCC(F)(F)CC1. The Morgan fingerprint density at radius 1 is 1.15 bits per heavy atom. The number of amides is 1. The molecular weight excluding hydrogens is 340 g/mol. The molecule has 6 nitrogen and oxygen atoms in total. The Kier molecular flexibility index (Phi) is 4.50. The molecule has 26 heavy (non-hydrogen) atoms. The van der Waals surface area contributed by atoms with Crippen LogP contribution < -0.4 is 4.90 Å². The predicted octanol–water partition coefficient (Wildman–Crippen LogP) is 2.59. The maximum Gasteiger partial charge on any atom is 0.251 e. The van der Waals surface area contributed by atoms with E-state index >= 15 is 0 Å². The van der Waals surface area contributed by atoms with Crippen molar-refractivity contribution >= 4 is 17.4 Å². The lowest BCUT2D eigenvalue weighted by atomic mass is 9.92. The molecule has 0 aromatic carbocycles.